The fourth-order valence-corrected chi connectivity index (χ4v) is 4.40. The third-order valence-electron chi connectivity index (χ3n) is 5.92. The van der Waals surface area contributed by atoms with E-state index in [4.69, 9.17) is 0 Å². The summed E-state index contributed by atoms with van der Waals surface area (Å²) in [5.74, 6) is 1.04. The first-order valence-electron chi connectivity index (χ1n) is 9.75. The fourth-order valence-electron chi connectivity index (χ4n) is 4.40. The number of piperidine rings is 2. The number of carbonyl (C=O) groups is 1. The second kappa shape index (κ2) is 7.60. The topological polar surface area (TPSA) is 51.7 Å². The molecule has 0 aliphatic carbocycles. The number of nitrogens with one attached hydrogen (secondary N) is 1. The van der Waals surface area contributed by atoms with E-state index in [1.54, 1.807) is 0 Å². The summed E-state index contributed by atoms with van der Waals surface area (Å²) in [4.78, 5) is 24.0. The number of rotatable bonds is 2. The fraction of sp³-hybridized carbons (Fsp3) is 0.684. The third kappa shape index (κ3) is 3.89. The Morgan fingerprint density at radius 3 is 2.72 bits per heavy atom. The molecule has 2 amide bonds. The number of hydrogen-bond donors (Lipinski definition) is 1. The molecule has 4 heterocycles. The minimum Gasteiger partial charge on any atom is -0.356 e. The zero-order chi connectivity index (χ0) is 17.1. The number of urea groups is 1. The van der Waals surface area contributed by atoms with Crippen molar-refractivity contribution >= 4 is 11.8 Å². The zero-order valence-electron chi connectivity index (χ0n) is 14.9. The first-order chi connectivity index (χ1) is 12.3. The molecule has 1 aromatic heterocycles. The molecule has 6 heteroatoms. The first-order valence-corrected chi connectivity index (χ1v) is 9.75. The monoisotopic (exact) mass is 343 g/mol. The molecule has 3 aliphatic heterocycles. The second-order valence-electron chi connectivity index (χ2n) is 7.53. The molecule has 0 bridgehead atoms. The van der Waals surface area contributed by atoms with Gasteiger partial charge in [-0.2, -0.15) is 0 Å². The van der Waals surface area contributed by atoms with Crippen LogP contribution in [0.15, 0.2) is 24.4 Å². The molecule has 3 aliphatic rings. The van der Waals surface area contributed by atoms with Crippen LogP contribution in [0.2, 0.25) is 0 Å². The normalized spacial score (nSPS) is 25.5. The number of amides is 2. The Hall–Kier alpha value is -1.82. The summed E-state index contributed by atoms with van der Waals surface area (Å²) in [6.07, 6.45) is 7.69. The van der Waals surface area contributed by atoms with Gasteiger partial charge in [-0.15, -0.1) is 0 Å². The van der Waals surface area contributed by atoms with E-state index in [0.717, 1.165) is 51.4 Å². The molecule has 1 aromatic rings. The number of hydrogen-bond acceptors (Lipinski definition) is 4. The van der Waals surface area contributed by atoms with Crippen LogP contribution in [0.4, 0.5) is 10.6 Å². The summed E-state index contributed by atoms with van der Waals surface area (Å²) < 4.78 is 0. The van der Waals surface area contributed by atoms with Crippen molar-refractivity contribution in [3.8, 4) is 0 Å². The summed E-state index contributed by atoms with van der Waals surface area (Å²) in [5.41, 5.74) is 0. The Balaban J connectivity index is 1.25. The molecule has 0 unspecified atom stereocenters. The van der Waals surface area contributed by atoms with Gasteiger partial charge in [-0.3, -0.25) is 4.90 Å². The van der Waals surface area contributed by atoms with Crippen LogP contribution in [-0.4, -0.2) is 72.2 Å². The first kappa shape index (κ1) is 16.6. The van der Waals surface area contributed by atoms with E-state index >= 15 is 0 Å². The Morgan fingerprint density at radius 2 is 1.92 bits per heavy atom. The van der Waals surface area contributed by atoms with E-state index in [1.807, 2.05) is 23.2 Å². The van der Waals surface area contributed by atoms with Gasteiger partial charge in [0.2, 0.25) is 0 Å². The van der Waals surface area contributed by atoms with Gasteiger partial charge < -0.3 is 15.1 Å². The molecule has 4 rings (SSSR count). The number of piperazine rings is 1. The summed E-state index contributed by atoms with van der Waals surface area (Å²) in [6, 6.07) is 7.05. The van der Waals surface area contributed by atoms with E-state index in [1.165, 1.54) is 25.8 Å². The zero-order valence-corrected chi connectivity index (χ0v) is 14.9. The van der Waals surface area contributed by atoms with Gasteiger partial charge in [0, 0.05) is 51.0 Å². The molecule has 0 saturated carbocycles. The number of anilines is 1. The lowest BCUT2D eigenvalue weighted by Crippen LogP contribution is -2.59. The molecule has 0 radical (unpaired) electrons. The van der Waals surface area contributed by atoms with Crippen LogP contribution in [0.5, 0.6) is 0 Å². The van der Waals surface area contributed by atoms with E-state index < -0.39 is 0 Å². The molecular weight excluding hydrogens is 314 g/mol. The Labute approximate surface area is 150 Å². The summed E-state index contributed by atoms with van der Waals surface area (Å²) >= 11 is 0. The lowest BCUT2D eigenvalue weighted by Gasteiger charge is -2.44. The van der Waals surface area contributed by atoms with Crippen molar-refractivity contribution < 1.29 is 4.79 Å². The maximum absolute atomic E-state index is 12.7. The van der Waals surface area contributed by atoms with Crippen LogP contribution in [-0.2, 0) is 0 Å². The van der Waals surface area contributed by atoms with Crippen molar-refractivity contribution in [3.05, 3.63) is 24.4 Å². The molecule has 6 nitrogen and oxygen atoms in total. The van der Waals surface area contributed by atoms with Crippen molar-refractivity contribution in [3.63, 3.8) is 0 Å². The summed E-state index contributed by atoms with van der Waals surface area (Å²) in [7, 11) is 0. The van der Waals surface area contributed by atoms with Crippen LogP contribution in [0, 0.1) is 0 Å². The van der Waals surface area contributed by atoms with Gasteiger partial charge in [0.05, 0.1) is 0 Å². The van der Waals surface area contributed by atoms with Crippen LogP contribution in [0.25, 0.3) is 0 Å². The van der Waals surface area contributed by atoms with Crippen molar-refractivity contribution in [1.29, 1.82) is 0 Å². The Kier molecular flexibility index (Phi) is 5.06. The summed E-state index contributed by atoms with van der Waals surface area (Å²) in [5, 5.41) is 3.28. The van der Waals surface area contributed by atoms with Gasteiger partial charge in [0.15, 0.2) is 0 Å². The number of nitrogens with zero attached hydrogens (tertiary/aromatic N) is 4. The molecule has 1 atom stereocenters. The van der Waals surface area contributed by atoms with Crippen LogP contribution < -0.4 is 10.2 Å². The molecule has 0 aromatic carbocycles. The van der Waals surface area contributed by atoms with Crippen molar-refractivity contribution in [2.45, 2.75) is 44.2 Å². The van der Waals surface area contributed by atoms with Crippen LogP contribution in [0.3, 0.4) is 0 Å². The lowest BCUT2D eigenvalue weighted by molar-refractivity contribution is 0.0633. The van der Waals surface area contributed by atoms with Gasteiger partial charge in [-0.1, -0.05) is 12.5 Å². The Morgan fingerprint density at radius 1 is 1.04 bits per heavy atom. The van der Waals surface area contributed by atoms with Crippen molar-refractivity contribution in [2.75, 3.05) is 44.2 Å². The lowest BCUT2D eigenvalue weighted by atomic mass is 9.99. The van der Waals surface area contributed by atoms with E-state index in [9.17, 15) is 4.79 Å². The van der Waals surface area contributed by atoms with Gasteiger partial charge in [-0.25, -0.2) is 9.78 Å². The largest absolute Gasteiger partial charge is 0.356 e. The molecule has 3 saturated heterocycles. The number of pyridine rings is 1. The quantitative estimate of drug-likeness (QED) is 0.891. The maximum atomic E-state index is 12.7. The third-order valence-corrected chi connectivity index (χ3v) is 5.92. The predicted octanol–water partition coefficient (Wildman–Crippen LogP) is 1.93. The highest BCUT2D eigenvalue weighted by Gasteiger charge is 2.32. The molecule has 136 valence electrons. The molecule has 25 heavy (non-hydrogen) atoms. The Bertz CT molecular complexity index is 572. The van der Waals surface area contributed by atoms with Gasteiger partial charge in [0.1, 0.15) is 5.82 Å². The number of aromatic nitrogens is 1. The average molecular weight is 343 g/mol. The second-order valence-corrected chi connectivity index (χ2v) is 7.53. The summed E-state index contributed by atoms with van der Waals surface area (Å²) in [6.45, 7) is 5.94. The van der Waals surface area contributed by atoms with Crippen LogP contribution in [0.1, 0.15) is 32.1 Å². The van der Waals surface area contributed by atoms with E-state index in [2.05, 4.69) is 26.2 Å². The number of carbonyl (C=O) groups excluding carboxylic acids is 1. The van der Waals surface area contributed by atoms with Gasteiger partial charge >= 0.3 is 6.03 Å². The van der Waals surface area contributed by atoms with Crippen molar-refractivity contribution in [1.82, 2.24) is 20.1 Å². The molecular formula is C19H29N5O. The van der Waals surface area contributed by atoms with E-state index in [0.29, 0.717) is 6.04 Å². The van der Waals surface area contributed by atoms with Crippen molar-refractivity contribution in [2.24, 2.45) is 0 Å². The minimum absolute atomic E-state index is 0.140. The van der Waals surface area contributed by atoms with Gasteiger partial charge in [0.25, 0.3) is 0 Å². The molecule has 1 N–H and O–H groups in total. The van der Waals surface area contributed by atoms with E-state index in [-0.39, 0.29) is 12.1 Å². The van der Waals surface area contributed by atoms with Crippen LogP contribution >= 0.6 is 0 Å². The number of fused-ring (bicyclic) bond motifs is 1. The highest BCUT2D eigenvalue weighted by Crippen LogP contribution is 2.22. The highest BCUT2D eigenvalue weighted by molar-refractivity contribution is 5.74. The molecule has 0 spiro atoms. The smallest absolute Gasteiger partial charge is 0.317 e. The highest BCUT2D eigenvalue weighted by atomic mass is 16.2. The average Bonchev–Trinajstić information content (AvgIpc) is 2.69. The molecule has 3 fully saturated rings. The van der Waals surface area contributed by atoms with Gasteiger partial charge in [-0.05, 0) is 44.4 Å². The standard InChI is InChI=1S/C19H29N5O/c25-19(24-14-13-22-10-4-2-5-17(22)15-24)21-16-7-11-23(12-8-16)18-6-1-3-9-20-18/h1,3,6,9,16-17H,2,4-5,7-8,10-15H2,(H,21,25)/t17-/m1/s1. The predicted molar refractivity (Wildman–Crippen MR) is 98.8 cm³/mol. The SMILES string of the molecule is O=C(NC1CCN(c2ccccn2)CC1)N1CCN2CCCC[C@@H]2C1. The maximum Gasteiger partial charge on any atom is 0.317 e. The minimum atomic E-state index is 0.140.